The van der Waals surface area contributed by atoms with E-state index in [9.17, 15) is 9.90 Å². The maximum atomic E-state index is 11.9. The van der Waals surface area contributed by atoms with E-state index in [1.807, 2.05) is 13.8 Å². The van der Waals surface area contributed by atoms with Gasteiger partial charge in [-0.25, -0.2) is 0 Å². The van der Waals surface area contributed by atoms with Crippen molar-refractivity contribution >= 4 is 5.91 Å². The fourth-order valence-corrected chi connectivity index (χ4v) is 1.63. The third-order valence-corrected chi connectivity index (χ3v) is 2.78. The number of hydrogen-bond donors (Lipinski definition) is 2. The van der Waals surface area contributed by atoms with Gasteiger partial charge in [-0.2, -0.15) is 0 Å². The molecular formula is C13H19NO3. The molecule has 1 aromatic rings. The number of rotatable bonds is 5. The number of hydrogen-bond acceptors (Lipinski definition) is 3. The largest absolute Gasteiger partial charge is 0.504 e. The van der Waals surface area contributed by atoms with E-state index in [2.05, 4.69) is 5.32 Å². The van der Waals surface area contributed by atoms with Gasteiger partial charge in [-0.15, -0.1) is 0 Å². The lowest BCUT2D eigenvalue weighted by Gasteiger charge is -2.15. The zero-order chi connectivity index (χ0) is 12.8. The monoisotopic (exact) mass is 237 g/mol. The third-order valence-electron chi connectivity index (χ3n) is 2.78. The van der Waals surface area contributed by atoms with Crippen LogP contribution < -0.4 is 10.1 Å². The number of carbonyl (C=O) groups excluding carboxylic acids is 1. The molecule has 0 bridgehead atoms. The molecule has 1 rings (SSSR count). The lowest BCUT2D eigenvalue weighted by Crippen LogP contribution is -2.33. The highest BCUT2D eigenvalue weighted by Crippen LogP contribution is 2.29. The number of phenolic OH excluding ortho intramolecular Hbond substituents is 1. The van der Waals surface area contributed by atoms with Crippen molar-refractivity contribution in [1.82, 2.24) is 5.32 Å². The van der Waals surface area contributed by atoms with Gasteiger partial charge in [-0.1, -0.05) is 19.9 Å². The van der Waals surface area contributed by atoms with Gasteiger partial charge in [0, 0.05) is 6.04 Å². The van der Waals surface area contributed by atoms with Crippen molar-refractivity contribution in [2.75, 3.05) is 7.11 Å². The molecule has 0 saturated heterocycles. The second kappa shape index (κ2) is 6.13. The maximum absolute atomic E-state index is 11.9. The lowest BCUT2D eigenvalue weighted by atomic mass is 10.1. The van der Waals surface area contributed by atoms with E-state index in [4.69, 9.17) is 4.74 Å². The Labute approximate surface area is 102 Å². The van der Waals surface area contributed by atoms with Gasteiger partial charge in [-0.05, 0) is 25.0 Å². The topological polar surface area (TPSA) is 58.6 Å². The number of amides is 1. The van der Waals surface area contributed by atoms with Crippen LogP contribution in [0, 0.1) is 0 Å². The highest BCUT2D eigenvalue weighted by molar-refractivity contribution is 5.97. The van der Waals surface area contributed by atoms with E-state index in [0.717, 1.165) is 12.8 Å². The Balaban J connectivity index is 2.89. The quantitative estimate of drug-likeness (QED) is 0.826. The SMILES string of the molecule is CCC(CC)NC(=O)c1cccc(OC)c1O. The van der Waals surface area contributed by atoms with Crippen molar-refractivity contribution in [3.05, 3.63) is 23.8 Å². The molecule has 2 N–H and O–H groups in total. The molecule has 17 heavy (non-hydrogen) atoms. The molecule has 4 nitrogen and oxygen atoms in total. The molecule has 0 unspecified atom stereocenters. The molecule has 0 aliphatic rings. The molecule has 0 aliphatic carbocycles. The molecule has 0 aliphatic heterocycles. The second-order valence-electron chi connectivity index (χ2n) is 3.84. The molecule has 0 radical (unpaired) electrons. The van der Waals surface area contributed by atoms with Crippen LogP contribution in [-0.4, -0.2) is 24.2 Å². The highest BCUT2D eigenvalue weighted by Gasteiger charge is 2.16. The molecule has 0 saturated carbocycles. The molecule has 1 aromatic carbocycles. The van der Waals surface area contributed by atoms with Crippen LogP contribution in [0.5, 0.6) is 11.5 Å². The summed E-state index contributed by atoms with van der Waals surface area (Å²) in [6, 6.07) is 5.01. The maximum Gasteiger partial charge on any atom is 0.255 e. The molecule has 0 fully saturated rings. The summed E-state index contributed by atoms with van der Waals surface area (Å²) in [6.45, 7) is 4.03. The van der Waals surface area contributed by atoms with E-state index < -0.39 is 0 Å². The van der Waals surface area contributed by atoms with Crippen LogP contribution in [0.2, 0.25) is 0 Å². The summed E-state index contributed by atoms with van der Waals surface area (Å²) in [6.07, 6.45) is 1.74. The van der Waals surface area contributed by atoms with E-state index in [1.165, 1.54) is 7.11 Å². The number of carbonyl (C=O) groups is 1. The van der Waals surface area contributed by atoms with Gasteiger partial charge in [0.1, 0.15) is 0 Å². The summed E-state index contributed by atoms with van der Waals surface area (Å²) in [5, 5.41) is 12.7. The van der Waals surface area contributed by atoms with Gasteiger partial charge in [0.05, 0.1) is 12.7 Å². The Morgan fingerprint density at radius 2 is 2.06 bits per heavy atom. The van der Waals surface area contributed by atoms with Gasteiger partial charge < -0.3 is 15.2 Å². The minimum atomic E-state index is -0.268. The van der Waals surface area contributed by atoms with Crippen molar-refractivity contribution in [3.8, 4) is 11.5 Å². The molecule has 0 spiro atoms. The summed E-state index contributed by atoms with van der Waals surface area (Å²) in [5.74, 6) is -0.0734. The normalized spacial score (nSPS) is 10.4. The van der Waals surface area contributed by atoms with Gasteiger partial charge in [0.25, 0.3) is 5.91 Å². The Bertz CT molecular complexity index is 386. The fourth-order valence-electron chi connectivity index (χ4n) is 1.63. The Morgan fingerprint density at radius 1 is 1.41 bits per heavy atom. The Hall–Kier alpha value is -1.71. The van der Waals surface area contributed by atoms with Crippen LogP contribution in [0.25, 0.3) is 0 Å². The van der Waals surface area contributed by atoms with Crippen LogP contribution in [0.3, 0.4) is 0 Å². The van der Waals surface area contributed by atoms with Crippen molar-refractivity contribution < 1.29 is 14.6 Å². The highest BCUT2D eigenvalue weighted by atomic mass is 16.5. The van der Waals surface area contributed by atoms with Crippen LogP contribution in [0.15, 0.2) is 18.2 Å². The molecule has 0 heterocycles. The fraction of sp³-hybridized carbons (Fsp3) is 0.462. The van der Waals surface area contributed by atoms with Crippen molar-refractivity contribution in [2.45, 2.75) is 32.7 Å². The first-order valence-corrected chi connectivity index (χ1v) is 5.80. The average molecular weight is 237 g/mol. The summed E-state index contributed by atoms with van der Waals surface area (Å²) < 4.78 is 4.96. The predicted octanol–water partition coefficient (Wildman–Crippen LogP) is 2.32. The molecule has 4 heteroatoms. The summed E-state index contributed by atoms with van der Waals surface area (Å²) >= 11 is 0. The number of aromatic hydroxyl groups is 1. The number of para-hydroxylation sites is 1. The van der Waals surface area contributed by atoms with Gasteiger partial charge >= 0.3 is 0 Å². The second-order valence-corrected chi connectivity index (χ2v) is 3.84. The van der Waals surface area contributed by atoms with Gasteiger partial charge in [0.2, 0.25) is 0 Å². The van der Waals surface area contributed by atoms with Gasteiger partial charge in [-0.3, -0.25) is 4.79 Å². The van der Waals surface area contributed by atoms with Crippen LogP contribution in [0.1, 0.15) is 37.0 Å². The van der Waals surface area contributed by atoms with Crippen molar-refractivity contribution in [3.63, 3.8) is 0 Å². The minimum absolute atomic E-state index is 0.113. The molecule has 94 valence electrons. The molecule has 0 atom stereocenters. The lowest BCUT2D eigenvalue weighted by molar-refractivity contribution is 0.0931. The van der Waals surface area contributed by atoms with E-state index >= 15 is 0 Å². The molecule has 1 amide bonds. The minimum Gasteiger partial charge on any atom is -0.504 e. The first-order valence-electron chi connectivity index (χ1n) is 5.80. The van der Waals surface area contributed by atoms with E-state index in [-0.39, 0.29) is 23.3 Å². The van der Waals surface area contributed by atoms with Crippen LogP contribution >= 0.6 is 0 Å². The van der Waals surface area contributed by atoms with E-state index in [1.54, 1.807) is 18.2 Å². The van der Waals surface area contributed by atoms with E-state index in [0.29, 0.717) is 5.75 Å². The van der Waals surface area contributed by atoms with Crippen LogP contribution in [0.4, 0.5) is 0 Å². The predicted molar refractivity (Wildman–Crippen MR) is 66.5 cm³/mol. The van der Waals surface area contributed by atoms with Crippen molar-refractivity contribution in [1.29, 1.82) is 0 Å². The summed E-state index contributed by atoms with van der Waals surface area (Å²) in [4.78, 5) is 11.9. The standard InChI is InChI=1S/C13H19NO3/c1-4-9(5-2)14-13(16)10-7-6-8-11(17-3)12(10)15/h6-9,15H,4-5H2,1-3H3,(H,14,16). The Kier molecular flexibility index (Phi) is 4.82. The zero-order valence-corrected chi connectivity index (χ0v) is 10.5. The van der Waals surface area contributed by atoms with Crippen molar-refractivity contribution in [2.24, 2.45) is 0 Å². The number of benzene rings is 1. The van der Waals surface area contributed by atoms with Gasteiger partial charge in [0.15, 0.2) is 11.5 Å². The smallest absolute Gasteiger partial charge is 0.255 e. The molecule has 0 aromatic heterocycles. The average Bonchev–Trinajstić information content (AvgIpc) is 2.35. The first kappa shape index (κ1) is 13.4. The number of phenols is 1. The molecular weight excluding hydrogens is 218 g/mol. The zero-order valence-electron chi connectivity index (χ0n) is 10.5. The summed E-state index contributed by atoms with van der Waals surface area (Å²) in [7, 11) is 1.46. The summed E-state index contributed by atoms with van der Waals surface area (Å²) in [5.41, 5.74) is 0.247. The number of nitrogens with one attached hydrogen (secondary N) is 1. The number of ether oxygens (including phenoxy) is 1. The Morgan fingerprint density at radius 3 is 2.59 bits per heavy atom. The number of methoxy groups -OCH3 is 1. The first-order chi connectivity index (χ1) is 8.13. The van der Waals surface area contributed by atoms with Crippen LogP contribution in [-0.2, 0) is 0 Å². The third kappa shape index (κ3) is 3.12.